The van der Waals surface area contributed by atoms with Crippen molar-refractivity contribution in [1.29, 1.82) is 0 Å². The molecule has 1 saturated heterocycles. The van der Waals surface area contributed by atoms with E-state index in [1.807, 2.05) is 30.3 Å². The van der Waals surface area contributed by atoms with Crippen LogP contribution in [0.3, 0.4) is 0 Å². The highest BCUT2D eigenvalue weighted by molar-refractivity contribution is 5.17. The van der Waals surface area contributed by atoms with Crippen molar-refractivity contribution in [2.75, 3.05) is 26.7 Å². The quantitative estimate of drug-likeness (QED) is 0.898. The second-order valence-electron chi connectivity index (χ2n) is 6.13. The van der Waals surface area contributed by atoms with E-state index in [0.717, 1.165) is 25.2 Å². The Hall–Kier alpha value is -0.900. The number of rotatable bonds is 5. The lowest BCUT2D eigenvalue weighted by molar-refractivity contribution is -0.0167. The Labute approximate surface area is 122 Å². The molecule has 1 fully saturated rings. The first-order valence-electron chi connectivity index (χ1n) is 7.60. The van der Waals surface area contributed by atoms with Crippen LogP contribution >= 0.6 is 0 Å². The van der Waals surface area contributed by atoms with Gasteiger partial charge in [0.05, 0.1) is 12.2 Å². The molecular weight excluding hydrogens is 250 g/mol. The maximum absolute atomic E-state index is 10.4. The third-order valence-corrected chi connectivity index (χ3v) is 4.50. The summed E-state index contributed by atoms with van der Waals surface area (Å²) in [6.07, 6.45) is 1.11. The van der Waals surface area contributed by atoms with E-state index in [1.54, 1.807) is 7.11 Å². The van der Waals surface area contributed by atoms with Crippen molar-refractivity contribution < 1.29 is 9.84 Å². The molecule has 4 unspecified atom stereocenters. The first-order chi connectivity index (χ1) is 9.61. The summed E-state index contributed by atoms with van der Waals surface area (Å²) in [5.41, 5.74) is 1.01. The smallest absolute Gasteiger partial charge is 0.0827 e. The third kappa shape index (κ3) is 3.81. The van der Waals surface area contributed by atoms with E-state index in [-0.39, 0.29) is 5.92 Å². The van der Waals surface area contributed by atoms with E-state index in [9.17, 15) is 5.11 Å². The van der Waals surface area contributed by atoms with Crippen molar-refractivity contribution in [2.45, 2.75) is 32.5 Å². The molecule has 1 aliphatic rings. The Morgan fingerprint density at radius 2 is 2.05 bits per heavy atom. The van der Waals surface area contributed by atoms with Gasteiger partial charge in [-0.2, -0.15) is 0 Å². The van der Waals surface area contributed by atoms with Gasteiger partial charge in [0, 0.05) is 20.2 Å². The van der Waals surface area contributed by atoms with Crippen LogP contribution in [0, 0.1) is 11.8 Å². The van der Waals surface area contributed by atoms with Gasteiger partial charge in [-0.1, -0.05) is 44.2 Å². The molecule has 3 nitrogen and oxygen atoms in total. The van der Waals surface area contributed by atoms with Gasteiger partial charge in [-0.15, -0.1) is 0 Å². The number of hydrogen-bond acceptors (Lipinski definition) is 3. The minimum Gasteiger partial charge on any atom is -0.388 e. The summed E-state index contributed by atoms with van der Waals surface area (Å²) in [6, 6.07) is 9.94. The monoisotopic (exact) mass is 277 g/mol. The number of nitrogens with zero attached hydrogens (tertiary/aromatic N) is 1. The largest absolute Gasteiger partial charge is 0.388 e. The van der Waals surface area contributed by atoms with Crippen LogP contribution in [0.25, 0.3) is 0 Å². The number of piperidine rings is 1. The summed E-state index contributed by atoms with van der Waals surface area (Å²) in [7, 11) is 1.80. The molecule has 0 radical (unpaired) electrons. The zero-order chi connectivity index (χ0) is 14.5. The number of likely N-dealkylation sites (tertiary alicyclic amines) is 1. The van der Waals surface area contributed by atoms with Gasteiger partial charge in [0.15, 0.2) is 0 Å². The lowest BCUT2D eigenvalue weighted by Gasteiger charge is -2.38. The SMILES string of the molecule is COC1CN(CC(C)C(O)c2ccccc2)CCC1C. The second kappa shape index (κ2) is 7.21. The van der Waals surface area contributed by atoms with Gasteiger partial charge in [-0.3, -0.25) is 0 Å². The van der Waals surface area contributed by atoms with Gasteiger partial charge < -0.3 is 14.7 Å². The van der Waals surface area contributed by atoms with Crippen LogP contribution in [-0.4, -0.2) is 42.9 Å². The van der Waals surface area contributed by atoms with Crippen LogP contribution < -0.4 is 0 Å². The molecule has 0 spiro atoms. The zero-order valence-electron chi connectivity index (χ0n) is 12.8. The molecule has 0 aliphatic carbocycles. The van der Waals surface area contributed by atoms with Crippen LogP contribution in [0.5, 0.6) is 0 Å². The van der Waals surface area contributed by atoms with Gasteiger partial charge in [0.1, 0.15) is 0 Å². The highest BCUT2D eigenvalue weighted by atomic mass is 16.5. The fourth-order valence-corrected chi connectivity index (χ4v) is 3.06. The minimum absolute atomic E-state index is 0.225. The van der Waals surface area contributed by atoms with Gasteiger partial charge in [-0.25, -0.2) is 0 Å². The number of aliphatic hydroxyl groups excluding tert-OH is 1. The predicted molar refractivity (Wildman–Crippen MR) is 81.6 cm³/mol. The minimum atomic E-state index is -0.392. The molecule has 2 rings (SSSR count). The average molecular weight is 277 g/mol. The Morgan fingerprint density at radius 3 is 2.70 bits per heavy atom. The standard InChI is InChI=1S/C17H27NO2/c1-13-9-10-18(12-16(13)20-3)11-14(2)17(19)15-7-5-4-6-8-15/h4-8,13-14,16-17,19H,9-12H2,1-3H3. The molecule has 0 saturated carbocycles. The third-order valence-electron chi connectivity index (χ3n) is 4.50. The van der Waals surface area contributed by atoms with E-state index in [2.05, 4.69) is 18.7 Å². The predicted octanol–water partition coefficient (Wildman–Crippen LogP) is 2.71. The molecule has 3 heteroatoms. The summed E-state index contributed by atoms with van der Waals surface area (Å²) in [4.78, 5) is 2.42. The fraction of sp³-hybridized carbons (Fsp3) is 0.647. The van der Waals surface area contributed by atoms with Gasteiger partial charge in [0.2, 0.25) is 0 Å². The van der Waals surface area contributed by atoms with Crippen LogP contribution in [-0.2, 0) is 4.74 Å². The number of ether oxygens (including phenoxy) is 1. The Kier molecular flexibility index (Phi) is 5.58. The zero-order valence-corrected chi connectivity index (χ0v) is 12.8. The van der Waals surface area contributed by atoms with Crippen LogP contribution in [0.15, 0.2) is 30.3 Å². The average Bonchev–Trinajstić information content (AvgIpc) is 2.49. The number of benzene rings is 1. The van der Waals surface area contributed by atoms with Gasteiger partial charge in [-0.05, 0) is 30.4 Å². The fourth-order valence-electron chi connectivity index (χ4n) is 3.06. The number of methoxy groups -OCH3 is 1. The molecule has 1 N–H and O–H groups in total. The van der Waals surface area contributed by atoms with Crippen molar-refractivity contribution >= 4 is 0 Å². The first kappa shape index (κ1) is 15.5. The number of hydrogen-bond donors (Lipinski definition) is 1. The highest BCUT2D eigenvalue weighted by Gasteiger charge is 2.28. The molecule has 20 heavy (non-hydrogen) atoms. The lowest BCUT2D eigenvalue weighted by Crippen LogP contribution is -2.45. The summed E-state index contributed by atoms with van der Waals surface area (Å²) in [5.74, 6) is 0.855. The van der Waals surface area contributed by atoms with E-state index in [1.165, 1.54) is 6.42 Å². The molecule has 1 aromatic carbocycles. The van der Waals surface area contributed by atoms with Crippen molar-refractivity contribution in [3.8, 4) is 0 Å². The molecule has 4 atom stereocenters. The molecular formula is C17H27NO2. The highest BCUT2D eigenvalue weighted by Crippen LogP contribution is 2.25. The normalized spacial score (nSPS) is 27.2. The summed E-state index contributed by atoms with van der Waals surface area (Å²) < 4.78 is 5.56. The van der Waals surface area contributed by atoms with Crippen LogP contribution in [0.1, 0.15) is 31.9 Å². The van der Waals surface area contributed by atoms with Gasteiger partial charge in [0.25, 0.3) is 0 Å². The summed E-state index contributed by atoms with van der Waals surface area (Å²) in [6.45, 7) is 7.38. The van der Waals surface area contributed by atoms with Crippen molar-refractivity contribution in [2.24, 2.45) is 11.8 Å². The molecule has 1 heterocycles. The number of aliphatic hydroxyl groups is 1. The molecule has 112 valence electrons. The Bertz CT molecular complexity index is 395. The van der Waals surface area contributed by atoms with E-state index >= 15 is 0 Å². The summed E-state index contributed by atoms with van der Waals surface area (Å²) >= 11 is 0. The Morgan fingerprint density at radius 1 is 1.35 bits per heavy atom. The second-order valence-corrected chi connectivity index (χ2v) is 6.13. The maximum Gasteiger partial charge on any atom is 0.0827 e. The molecule has 1 aliphatic heterocycles. The van der Waals surface area contributed by atoms with Gasteiger partial charge >= 0.3 is 0 Å². The molecule has 0 aromatic heterocycles. The maximum atomic E-state index is 10.4. The van der Waals surface area contributed by atoms with Crippen molar-refractivity contribution in [3.63, 3.8) is 0 Å². The Balaban J connectivity index is 1.89. The first-order valence-corrected chi connectivity index (χ1v) is 7.60. The molecule has 0 amide bonds. The lowest BCUT2D eigenvalue weighted by atomic mass is 9.93. The topological polar surface area (TPSA) is 32.7 Å². The van der Waals surface area contributed by atoms with Crippen LogP contribution in [0.2, 0.25) is 0 Å². The molecule has 1 aromatic rings. The van der Waals surface area contributed by atoms with E-state index < -0.39 is 6.10 Å². The van der Waals surface area contributed by atoms with Crippen LogP contribution in [0.4, 0.5) is 0 Å². The van der Waals surface area contributed by atoms with E-state index in [4.69, 9.17) is 4.74 Å². The van der Waals surface area contributed by atoms with E-state index in [0.29, 0.717) is 12.0 Å². The van der Waals surface area contributed by atoms with Crippen molar-refractivity contribution in [1.82, 2.24) is 4.90 Å². The van der Waals surface area contributed by atoms with Crippen molar-refractivity contribution in [3.05, 3.63) is 35.9 Å². The molecule has 0 bridgehead atoms. The summed E-state index contributed by atoms with van der Waals surface area (Å²) in [5, 5.41) is 10.4.